The largest absolute Gasteiger partial charge is 0.298 e. The van der Waals surface area contributed by atoms with E-state index in [4.69, 9.17) is 0 Å². The topological polar surface area (TPSA) is 6.48 Å². The SMILES string of the molecule is CC(C)C1CC(N2CCN(CCF)CC2)C1. The van der Waals surface area contributed by atoms with E-state index in [1.807, 2.05) is 0 Å². The van der Waals surface area contributed by atoms with E-state index in [9.17, 15) is 4.39 Å². The highest BCUT2D eigenvalue weighted by atomic mass is 19.1. The lowest BCUT2D eigenvalue weighted by molar-refractivity contribution is 0.0183. The average molecular weight is 228 g/mol. The smallest absolute Gasteiger partial charge is 0.102 e. The van der Waals surface area contributed by atoms with Gasteiger partial charge >= 0.3 is 0 Å². The number of hydrogen-bond acceptors (Lipinski definition) is 2. The van der Waals surface area contributed by atoms with Crippen LogP contribution in [0.3, 0.4) is 0 Å². The monoisotopic (exact) mass is 228 g/mol. The summed E-state index contributed by atoms with van der Waals surface area (Å²) in [6, 6.07) is 0.833. The number of piperazine rings is 1. The zero-order valence-corrected chi connectivity index (χ0v) is 10.7. The van der Waals surface area contributed by atoms with Gasteiger partial charge in [-0.25, -0.2) is 4.39 Å². The van der Waals surface area contributed by atoms with Crippen LogP contribution in [0.25, 0.3) is 0 Å². The number of hydrogen-bond donors (Lipinski definition) is 0. The first kappa shape index (κ1) is 12.3. The molecule has 0 aromatic heterocycles. The van der Waals surface area contributed by atoms with Crippen LogP contribution in [0.1, 0.15) is 26.7 Å². The van der Waals surface area contributed by atoms with Gasteiger partial charge in [0.15, 0.2) is 0 Å². The van der Waals surface area contributed by atoms with E-state index in [0.717, 1.165) is 44.1 Å². The van der Waals surface area contributed by atoms with E-state index >= 15 is 0 Å². The van der Waals surface area contributed by atoms with Crippen molar-refractivity contribution in [2.75, 3.05) is 39.4 Å². The summed E-state index contributed by atoms with van der Waals surface area (Å²) in [5, 5.41) is 0. The molecule has 0 N–H and O–H groups in total. The highest BCUT2D eigenvalue weighted by Gasteiger charge is 2.35. The maximum absolute atomic E-state index is 12.2. The van der Waals surface area contributed by atoms with Crippen molar-refractivity contribution in [2.45, 2.75) is 32.7 Å². The second-order valence-corrected chi connectivity index (χ2v) is 5.70. The summed E-state index contributed by atoms with van der Waals surface area (Å²) < 4.78 is 12.2. The molecule has 0 bridgehead atoms. The Morgan fingerprint density at radius 2 is 1.75 bits per heavy atom. The first-order valence-electron chi connectivity index (χ1n) is 6.73. The zero-order chi connectivity index (χ0) is 11.5. The highest BCUT2D eigenvalue weighted by Crippen LogP contribution is 2.37. The standard InChI is InChI=1S/C13H25FN2/c1-11(2)12-9-13(10-12)16-7-5-15(4-3-14)6-8-16/h11-13H,3-10H2,1-2H3. The van der Waals surface area contributed by atoms with Gasteiger partial charge in [-0.1, -0.05) is 13.8 Å². The quantitative estimate of drug-likeness (QED) is 0.726. The third-order valence-electron chi connectivity index (χ3n) is 4.42. The molecule has 2 nitrogen and oxygen atoms in total. The molecule has 1 aliphatic heterocycles. The van der Waals surface area contributed by atoms with E-state index in [1.165, 1.54) is 12.8 Å². The van der Waals surface area contributed by atoms with Crippen LogP contribution in [-0.2, 0) is 0 Å². The second-order valence-electron chi connectivity index (χ2n) is 5.70. The first-order chi connectivity index (χ1) is 7.70. The average Bonchev–Trinajstić information content (AvgIpc) is 2.18. The summed E-state index contributed by atoms with van der Waals surface area (Å²) in [5.41, 5.74) is 0. The fourth-order valence-electron chi connectivity index (χ4n) is 2.94. The summed E-state index contributed by atoms with van der Waals surface area (Å²) >= 11 is 0. The number of halogens is 1. The molecule has 2 fully saturated rings. The predicted octanol–water partition coefficient (Wildman–Crippen LogP) is 2.01. The van der Waals surface area contributed by atoms with Gasteiger partial charge in [0.25, 0.3) is 0 Å². The van der Waals surface area contributed by atoms with Crippen LogP contribution < -0.4 is 0 Å². The molecule has 0 radical (unpaired) electrons. The van der Waals surface area contributed by atoms with E-state index in [0.29, 0.717) is 6.54 Å². The number of alkyl halides is 1. The molecule has 1 aliphatic carbocycles. The van der Waals surface area contributed by atoms with Crippen molar-refractivity contribution >= 4 is 0 Å². The maximum atomic E-state index is 12.2. The van der Waals surface area contributed by atoms with Gasteiger partial charge in [-0.15, -0.1) is 0 Å². The molecule has 2 rings (SSSR count). The van der Waals surface area contributed by atoms with Crippen LogP contribution in [0.2, 0.25) is 0 Å². The molecule has 0 spiro atoms. The minimum atomic E-state index is -0.196. The number of rotatable bonds is 4. The lowest BCUT2D eigenvalue weighted by Crippen LogP contribution is -2.54. The van der Waals surface area contributed by atoms with Gasteiger partial charge in [0.1, 0.15) is 6.67 Å². The zero-order valence-electron chi connectivity index (χ0n) is 10.7. The lowest BCUT2D eigenvalue weighted by atomic mass is 9.73. The molecule has 0 unspecified atom stereocenters. The van der Waals surface area contributed by atoms with Gasteiger partial charge in [-0.05, 0) is 24.7 Å². The minimum Gasteiger partial charge on any atom is -0.298 e. The van der Waals surface area contributed by atoms with Crippen LogP contribution in [0, 0.1) is 11.8 Å². The molecule has 1 heterocycles. The van der Waals surface area contributed by atoms with Gasteiger partial charge in [0, 0.05) is 38.8 Å². The van der Waals surface area contributed by atoms with Crippen LogP contribution in [0.15, 0.2) is 0 Å². The summed E-state index contributed by atoms with van der Waals surface area (Å²) in [5.74, 6) is 1.80. The summed E-state index contributed by atoms with van der Waals surface area (Å²) in [4.78, 5) is 4.86. The van der Waals surface area contributed by atoms with Crippen molar-refractivity contribution in [3.8, 4) is 0 Å². The molecule has 94 valence electrons. The minimum absolute atomic E-state index is 0.196. The van der Waals surface area contributed by atoms with Gasteiger partial charge in [0.2, 0.25) is 0 Å². The predicted molar refractivity (Wildman–Crippen MR) is 65.3 cm³/mol. The molecular weight excluding hydrogens is 203 g/mol. The fraction of sp³-hybridized carbons (Fsp3) is 1.00. The van der Waals surface area contributed by atoms with Crippen molar-refractivity contribution in [2.24, 2.45) is 11.8 Å². The van der Waals surface area contributed by atoms with Gasteiger partial charge in [-0.2, -0.15) is 0 Å². The van der Waals surface area contributed by atoms with Gasteiger partial charge < -0.3 is 0 Å². The Morgan fingerprint density at radius 3 is 2.25 bits per heavy atom. The van der Waals surface area contributed by atoms with Crippen LogP contribution in [0.4, 0.5) is 4.39 Å². The summed E-state index contributed by atoms with van der Waals surface area (Å²) in [6.45, 7) is 9.52. The normalized spacial score (nSPS) is 33.0. The van der Waals surface area contributed by atoms with Crippen molar-refractivity contribution in [3.63, 3.8) is 0 Å². The Balaban J connectivity index is 1.67. The highest BCUT2D eigenvalue weighted by molar-refractivity contribution is 4.90. The van der Waals surface area contributed by atoms with Crippen LogP contribution in [0.5, 0.6) is 0 Å². The Kier molecular flexibility index (Phi) is 4.20. The van der Waals surface area contributed by atoms with Crippen molar-refractivity contribution in [1.29, 1.82) is 0 Å². The molecule has 16 heavy (non-hydrogen) atoms. The molecule has 0 atom stereocenters. The Morgan fingerprint density at radius 1 is 1.12 bits per heavy atom. The fourth-order valence-corrected chi connectivity index (χ4v) is 2.94. The van der Waals surface area contributed by atoms with E-state index < -0.39 is 0 Å². The van der Waals surface area contributed by atoms with Gasteiger partial charge in [0.05, 0.1) is 0 Å². The van der Waals surface area contributed by atoms with Crippen LogP contribution >= 0.6 is 0 Å². The van der Waals surface area contributed by atoms with Crippen molar-refractivity contribution in [1.82, 2.24) is 9.80 Å². The molecular formula is C13H25FN2. The maximum Gasteiger partial charge on any atom is 0.102 e. The van der Waals surface area contributed by atoms with Crippen molar-refractivity contribution < 1.29 is 4.39 Å². The second kappa shape index (κ2) is 5.46. The van der Waals surface area contributed by atoms with Gasteiger partial charge in [-0.3, -0.25) is 9.80 Å². The molecule has 0 aromatic carbocycles. The molecule has 0 aromatic rings. The Labute approximate surface area is 98.8 Å². The lowest BCUT2D eigenvalue weighted by Gasteiger charge is -2.47. The summed E-state index contributed by atoms with van der Waals surface area (Å²) in [7, 11) is 0. The molecule has 1 saturated carbocycles. The first-order valence-corrected chi connectivity index (χ1v) is 6.73. The Bertz CT molecular complexity index is 206. The van der Waals surface area contributed by atoms with E-state index in [2.05, 4.69) is 23.6 Å². The van der Waals surface area contributed by atoms with E-state index in [-0.39, 0.29) is 6.67 Å². The summed E-state index contributed by atoms with van der Waals surface area (Å²) in [6.07, 6.45) is 2.78. The molecule has 2 aliphatic rings. The van der Waals surface area contributed by atoms with Crippen molar-refractivity contribution in [3.05, 3.63) is 0 Å². The molecule has 1 saturated heterocycles. The Hall–Kier alpha value is -0.150. The molecule has 3 heteroatoms. The van der Waals surface area contributed by atoms with Crippen LogP contribution in [-0.4, -0.2) is 55.2 Å². The molecule has 0 amide bonds. The number of nitrogens with zero attached hydrogens (tertiary/aromatic N) is 2. The third-order valence-corrected chi connectivity index (χ3v) is 4.42. The van der Waals surface area contributed by atoms with E-state index in [1.54, 1.807) is 0 Å². The third kappa shape index (κ3) is 2.75.